The fourth-order valence-electron chi connectivity index (χ4n) is 1.17. The lowest BCUT2D eigenvalue weighted by atomic mass is 10.3. The molecule has 1 aromatic rings. The number of hydrogen-bond donors (Lipinski definition) is 4. The van der Waals surface area contributed by atoms with Gasteiger partial charge in [0.1, 0.15) is 11.6 Å². The van der Waals surface area contributed by atoms with Gasteiger partial charge < -0.3 is 15.2 Å². The third kappa shape index (κ3) is 13.1. The molecule has 0 aliphatic carbocycles. The zero-order chi connectivity index (χ0) is 19.9. The molecule has 0 saturated heterocycles. The van der Waals surface area contributed by atoms with Crippen LogP contribution in [0.15, 0.2) is 63.5 Å². The third-order valence-corrected chi connectivity index (χ3v) is 2.72. The monoisotopic (exact) mass is 398 g/mol. The minimum atomic E-state index is -0.334. The Balaban J connectivity index is 0.000000416. The van der Waals surface area contributed by atoms with E-state index in [-0.39, 0.29) is 11.6 Å². The number of phenols is 1. The van der Waals surface area contributed by atoms with E-state index in [0.717, 1.165) is 5.92 Å². The first-order valence-corrected chi connectivity index (χ1v) is 8.49. The number of benzene rings is 1. The molecule has 0 radical (unpaired) electrons. The molecule has 0 atom stereocenters. The van der Waals surface area contributed by atoms with Crippen molar-refractivity contribution in [1.82, 2.24) is 5.32 Å². The highest BCUT2D eigenvalue weighted by Gasteiger charge is 1.96. The molecular weight excluding hydrogens is 375 g/mol. The van der Waals surface area contributed by atoms with E-state index in [9.17, 15) is 9.18 Å². The number of nitrogens with one attached hydrogen (secondary N) is 1. The summed E-state index contributed by atoms with van der Waals surface area (Å²) in [6.07, 6.45) is 6.96. The fraction of sp³-hybridized carbons (Fsp3) is 0.222. The van der Waals surface area contributed by atoms with Crippen LogP contribution < -0.4 is 5.32 Å². The molecule has 1 aromatic carbocycles. The van der Waals surface area contributed by atoms with Gasteiger partial charge in [-0.05, 0) is 36.3 Å². The number of hydrogen-bond acceptors (Lipinski definition) is 6. The molecular formula is C18H23FN2O3S2. The van der Waals surface area contributed by atoms with E-state index in [2.05, 4.69) is 56.3 Å². The molecule has 0 bridgehead atoms. The maximum Gasteiger partial charge on any atom is 0.212 e. The summed E-state index contributed by atoms with van der Waals surface area (Å²) in [7, 11) is 0. The zero-order valence-corrected chi connectivity index (χ0v) is 16.5. The molecule has 0 aromatic heterocycles. The van der Waals surface area contributed by atoms with Crippen molar-refractivity contribution in [1.29, 1.82) is 0 Å². The second-order valence-corrected chi connectivity index (χ2v) is 6.35. The highest BCUT2D eigenvalue weighted by molar-refractivity contribution is 7.84. The number of nitrogens with zero attached hydrogens (tertiary/aromatic N) is 1. The standard InChI is InChI=1S/C8H8N2O2S.C6H5FOS.C4H10/c11-5-9-4-10-7-2-1-6(12)3-8(7)13;7-5-1-2-6(9)8-4-3-5;1-4(2)3/h1-5,12-13H,(H,9,10,11);1-4,9H;4H,1-3H3. The number of carbonyl (C=O) groups excluding carboxylic acids is 1. The maximum atomic E-state index is 12.2. The van der Waals surface area contributed by atoms with Crippen LogP contribution in [0.5, 0.6) is 5.75 Å². The minimum absolute atomic E-state index is 0.132. The summed E-state index contributed by atoms with van der Waals surface area (Å²) in [5, 5.41) is 11.7. The highest BCUT2D eigenvalue weighted by atomic mass is 32.1. The molecule has 142 valence electrons. The van der Waals surface area contributed by atoms with Gasteiger partial charge in [-0.2, -0.15) is 0 Å². The molecule has 1 aliphatic heterocycles. The van der Waals surface area contributed by atoms with Gasteiger partial charge in [0.05, 0.1) is 18.3 Å². The summed E-state index contributed by atoms with van der Waals surface area (Å²) in [6, 6.07) is 4.56. The summed E-state index contributed by atoms with van der Waals surface area (Å²) in [5.41, 5.74) is 0.579. The molecule has 0 saturated carbocycles. The van der Waals surface area contributed by atoms with Crippen LogP contribution in [0.3, 0.4) is 0 Å². The number of carbonyl (C=O) groups is 1. The summed E-state index contributed by atoms with van der Waals surface area (Å²) in [4.78, 5) is 14.3. The summed E-state index contributed by atoms with van der Waals surface area (Å²) in [6.45, 7) is 6.50. The Hall–Kier alpha value is -2.19. The Morgan fingerprint density at radius 2 is 1.92 bits per heavy atom. The smallest absolute Gasteiger partial charge is 0.212 e. The van der Waals surface area contributed by atoms with E-state index < -0.39 is 0 Å². The lowest BCUT2D eigenvalue weighted by Gasteiger charge is -1.98. The number of rotatable bonds is 3. The predicted octanol–water partition coefficient (Wildman–Crippen LogP) is 4.90. The van der Waals surface area contributed by atoms with Gasteiger partial charge >= 0.3 is 0 Å². The normalized spacial score (nSPS) is 12.6. The van der Waals surface area contributed by atoms with Gasteiger partial charge in [0.25, 0.3) is 0 Å². The van der Waals surface area contributed by atoms with Gasteiger partial charge in [0.2, 0.25) is 6.41 Å². The highest BCUT2D eigenvalue weighted by Crippen LogP contribution is 2.26. The number of aliphatic imine (C=N–C) groups is 1. The largest absolute Gasteiger partial charge is 0.508 e. The minimum Gasteiger partial charge on any atom is -0.508 e. The first-order chi connectivity index (χ1) is 12.3. The van der Waals surface area contributed by atoms with E-state index in [1.807, 2.05) is 0 Å². The van der Waals surface area contributed by atoms with Crippen LogP contribution in [0.2, 0.25) is 0 Å². The number of aromatic hydroxyl groups is 1. The SMILES string of the molecule is CC(C)C.FC1=CC=C(S)OC=C1.O=CNC=Nc1ccc(O)cc1S. The average Bonchev–Trinajstić information content (AvgIpc) is 2.74. The Labute approximate surface area is 164 Å². The van der Waals surface area contributed by atoms with Crippen LogP contribution in [-0.2, 0) is 9.53 Å². The number of thiol groups is 2. The molecule has 8 heteroatoms. The first-order valence-electron chi connectivity index (χ1n) is 7.60. The molecule has 1 aliphatic rings. The average molecular weight is 399 g/mol. The van der Waals surface area contributed by atoms with Crippen LogP contribution in [0, 0.1) is 5.92 Å². The Kier molecular flexibility index (Phi) is 12.8. The molecule has 5 nitrogen and oxygen atoms in total. The van der Waals surface area contributed by atoms with Gasteiger partial charge in [-0.1, -0.05) is 20.8 Å². The van der Waals surface area contributed by atoms with E-state index in [0.29, 0.717) is 22.1 Å². The quantitative estimate of drug-likeness (QED) is 0.253. The van der Waals surface area contributed by atoms with Crippen molar-refractivity contribution in [3.05, 3.63) is 53.6 Å². The zero-order valence-electron chi connectivity index (χ0n) is 14.8. The molecule has 1 heterocycles. The van der Waals surface area contributed by atoms with E-state index in [1.54, 1.807) is 6.07 Å². The van der Waals surface area contributed by atoms with Crippen molar-refractivity contribution in [2.24, 2.45) is 10.9 Å². The fourth-order valence-corrected chi connectivity index (χ4v) is 1.57. The summed E-state index contributed by atoms with van der Waals surface area (Å²) < 4.78 is 17.0. The van der Waals surface area contributed by atoms with Gasteiger partial charge in [-0.25, -0.2) is 9.38 Å². The first kappa shape index (κ1) is 23.8. The van der Waals surface area contributed by atoms with Crippen molar-refractivity contribution in [2.45, 2.75) is 25.7 Å². The predicted molar refractivity (Wildman–Crippen MR) is 110 cm³/mol. The molecule has 0 spiro atoms. The van der Waals surface area contributed by atoms with Gasteiger partial charge in [0.15, 0.2) is 5.09 Å². The van der Waals surface area contributed by atoms with E-state index >= 15 is 0 Å². The molecule has 2 N–H and O–H groups in total. The second-order valence-electron chi connectivity index (χ2n) is 5.42. The number of allylic oxidation sites excluding steroid dienone is 4. The number of phenolic OH excluding ortho intramolecular Hbond substituents is 1. The topological polar surface area (TPSA) is 70.9 Å². The molecule has 1 amide bonds. The van der Waals surface area contributed by atoms with Gasteiger partial charge in [0, 0.05) is 11.0 Å². The second kappa shape index (κ2) is 14.0. The van der Waals surface area contributed by atoms with Crippen molar-refractivity contribution >= 4 is 43.7 Å². The molecule has 0 unspecified atom stereocenters. The Morgan fingerprint density at radius 3 is 2.50 bits per heavy atom. The summed E-state index contributed by atoms with van der Waals surface area (Å²) in [5.74, 6) is 0.631. The Morgan fingerprint density at radius 1 is 1.27 bits per heavy atom. The van der Waals surface area contributed by atoms with Crippen molar-refractivity contribution < 1.29 is 19.0 Å². The van der Waals surface area contributed by atoms with Crippen molar-refractivity contribution in [3.8, 4) is 5.75 Å². The Bertz CT molecular complexity index is 684. The molecule has 2 rings (SSSR count). The van der Waals surface area contributed by atoms with Gasteiger partial charge in [-0.3, -0.25) is 4.79 Å². The molecule has 0 fully saturated rings. The number of ether oxygens (including phenoxy) is 1. The number of halogens is 1. The maximum absolute atomic E-state index is 12.2. The van der Waals surface area contributed by atoms with Crippen LogP contribution in [0.1, 0.15) is 20.8 Å². The lowest BCUT2D eigenvalue weighted by molar-refractivity contribution is -0.108. The third-order valence-electron chi connectivity index (χ3n) is 2.11. The van der Waals surface area contributed by atoms with E-state index in [4.69, 9.17) is 9.84 Å². The van der Waals surface area contributed by atoms with Crippen LogP contribution in [0.25, 0.3) is 0 Å². The van der Waals surface area contributed by atoms with Gasteiger partial charge in [-0.15, -0.1) is 25.3 Å². The molecule has 26 heavy (non-hydrogen) atoms. The number of amides is 1. The van der Waals surface area contributed by atoms with Crippen molar-refractivity contribution in [2.75, 3.05) is 0 Å². The van der Waals surface area contributed by atoms with Crippen LogP contribution in [0.4, 0.5) is 10.1 Å². The lowest BCUT2D eigenvalue weighted by Crippen LogP contribution is -2.05. The van der Waals surface area contributed by atoms with E-state index in [1.165, 1.54) is 43.0 Å². The summed E-state index contributed by atoms with van der Waals surface area (Å²) >= 11 is 7.93. The van der Waals surface area contributed by atoms with Crippen LogP contribution in [-0.4, -0.2) is 17.9 Å². The van der Waals surface area contributed by atoms with Crippen LogP contribution >= 0.6 is 25.3 Å². The van der Waals surface area contributed by atoms with Crippen molar-refractivity contribution in [3.63, 3.8) is 0 Å².